The van der Waals surface area contributed by atoms with Crippen LogP contribution < -0.4 is 10.2 Å². The van der Waals surface area contributed by atoms with Crippen LogP contribution in [0.15, 0.2) is 61.3 Å². The van der Waals surface area contributed by atoms with Gasteiger partial charge in [0.25, 0.3) is 0 Å². The molecule has 9 nitrogen and oxygen atoms in total. The highest BCUT2D eigenvalue weighted by molar-refractivity contribution is 5.83. The second-order valence-electron chi connectivity index (χ2n) is 15.5. The zero-order valence-corrected chi connectivity index (χ0v) is 31.3. The number of nitrogens with one attached hydrogen (secondary N) is 1. The Morgan fingerprint density at radius 1 is 0.887 bits per heavy atom. The van der Waals surface area contributed by atoms with Crippen LogP contribution in [0.3, 0.4) is 0 Å². The highest BCUT2D eigenvalue weighted by atomic mass is 19.1. The number of piperidine rings is 1. The first kappa shape index (κ1) is 35.4. The molecule has 0 spiro atoms. The smallest absolute Gasteiger partial charge is 0.208 e. The fraction of sp³-hybridized carbons (Fsp3) is 0.452. The van der Waals surface area contributed by atoms with E-state index in [9.17, 15) is 8.78 Å². The minimum atomic E-state index is -0.514. The van der Waals surface area contributed by atoms with Crippen molar-refractivity contribution in [1.29, 1.82) is 0 Å². The van der Waals surface area contributed by atoms with Gasteiger partial charge >= 0.3 is 0 Å². The third-order valence-electron chi connectivity index (χ3n) is 11.6. The van der Waals surface area contributed by atoms with Crippen LogP contribution >= 0.6 is 0 Å². The molecule has 3 aliphatic heterocycles. The van der Waals surface area contributed by atoms with Crippen molar-refractivity contribution in [2.24, 2.45) is 13.0 Å². The number of fused-ring (bicyclic) bond motifs is 7. The van der Waals surface area contributed by atoms with Gasteiger partial charge in [-0.15, -0.1) is 0 Å². The molecule has 3 aromatic heterocycles. The molecule has 6 heterocycles. The summed E-state index contributed by atoms with van der Waals surface area (Å²) in [5.74, 6) is 0.269. The van der Waals surface area contributed by atoms with Gasteiger partial charge in [-0.3, -0.25) is 19.5 Å². The van der Waals surface area contributed by atoms with Crippen molar-refractivity contribution in [2.75, 3.05) is 49.5 Å². The van der Waals surface area contributed by atoms with Crippen LogP contribution in [0, 0.1) is 24.5 Å². The average molecular weight is 720 g/mol. The molecule has 53 heavy (non-hydrogen) atoms. The van der Waals surface area contributed by atoms with Crippen LogP contribution in [0.1, 0.15) is 61.5 Å². The number of pyridine rings is 1. The molecule has 0 aliphatic carbocycles. The van der Waals surface area contributed by atoms with Gasteiger partial charge in [-0.1, -0.05) is 26.0 Å². The number of halogens is 2. The van der Waals surface area contributed by atoms with Gasteiger partial charge in [0.05, 0.1) is 22.9 Å². The van der Waals surface area contributed by atoms with Crippen molar-refractivity contribution in [1.82, 2.24) is 34.1 Å². The summed E-state index contributed by atoms with van der Waals surface area (Å²) >= 11 is 0. The predicted octanol–water partition coefficient (Wildman–Crippen LogP) is 7.65. The number of piperazine rings is 1. The lowest BCUT2D eigenvalue weighted by Crippen LogP contribution is -2.53. The molecule has 0 amide bonds. The van der Waals surface area contributed by atoms with Crippen molar-refractivity contribution in [3.8, 4) is 11.3 Å². The molecular formula is C42H51F2N9. The molecule has 11 heteroatoms. The minimum Gasteiger partial charge on any atom is -0.371 e. The van der Waals surface area contributed by atoms with Crippen LogP contribution in [0.5, 0.6) is 0 Å². The van der Waals surface area contributed by atoms with E-state index in [-0.39, 0.29) is 0 Å². The quantitative estimate of drug-likeness (QED) is 0.205. The Morgan fingerprint density at radius 3 is 2.43 bits per heavy atom. The SMILES string of the molecule is C=C1Nc2nc3ccc(CN4CCN(C5CCN(c6cc(F)cc(F)c6)CC5)CC4)cc3n2C[C@H](C)CCCCc2c(cnn2C)-c2cc1cc(C)n2. The Hall–Kier alpha value is -4.61. The number of anilines is 2. The Kier molecular flexibility index (Phi) is 10.0. The average Bonchev–Trinajstić information content (AvgIpc) is 3.67. The van der Waals surface area contributed by atoms with Gasteiger partial charge in [0.15, 0.2) is 0 Å². The molecule has 0 radical (unpaired) electrons. The van der Waals surface area contributed by atoms with E-state index in [1.807, 2.05) is 24.9 Å². The number of hydrogen-bond acceptors (Lipinski definition) is 7. The fourth-order valence-corrected chi connectivity index (χ4v) is 8.65. The van der Waals surface area contributed by atoms with E-state index in [4.69, 9.17) is 9.97 Å². The number of hydrogen-bond donors (Lipinski definition) is 1. The van der Waals surface area contributed by atoms with Gasteiger partial charge in [-0.05, 0) is 86.9 Å². The number of nitrogens with zero attached hydrogens (tertiary/aromatic N) is 8. The third kappa shape index (κ3) is 7.73. The fourth-order valence-electron chi connectivity index (χ4n) is 8.65. The zero-order chi connectivity index (χ0) is 36.6. The van der Waals surface area contributed by atoms with Crippen molar-refractivity contribution in [3.05, 3.63) is 95.5 Å². The first-order chi connectivity index (χ1) is 25.7. The van der Waals surface area contributed by atoms with Crippen LogP contribution in [0.2, 0.25) is 0 Å². The van der Waals surface area contributed by atoms with Gasteiger partial charge in [0, 0.05) is 105 Å². The van der Waals surface area contributed by atoms with Crippen molar-refractivity contribution < 1.29 is 8.78 Å². The summed E-state index contributed by atoms with van der Waals surface area (Å²) in [4.78, 5) is 17.3. The van der Waals surface area contributed by atoms with Crippen molar-refractivity contribution >= 4 is 28.4 Å². The van der Waals surface area contributed by atoms with Gasteiger partial charge < -0.3 is 14.8 Å². The lowest BCUT2D eigenvalue weighted by atomic mass is 10.0. The summed E-state index contributed by atoms with van der Waals surface area (Å²) < 4.78 is 32.0. The second kappa shape index (κ2) is 15.0. The summed E-state index contributed by atoms with van der Waals surface area (Å²) in [6.07, 6.45) is 8.30. The standard InChI is InChI=1S/C42H51F2N9/c1-28-7-5-6-8-40-37(25-45-49(40)4)39-21-32(19-29(2)46-39)30(3)47-42-48-38-10-9-31(20-41(38)53(42)26-28)27-50-15-17-52(18-16-50)35-11-13-51(14-12-35)36-23-33(43)22-34(44)24-36/h9-10,19-25,28,35H,3,5-8,11-18,26-27H2,1-2,4H3,(H,47,48)/t28-/m1/s1. The van der Waals surface area contributed by atoms with Crippen LogP contribution in [0.4, 0.5) is 20.4 Å². The van der Waals surface area contributed by atoms with Crippen LogP contribution in [-0.4, -0.2) is 79.4 Å². The maximum atomic E-state index is 13.8. The van der Waals surface area contributed by atoms with Crippen molar-refractivity contribution in [2.45, 2.75) is 71.5 Å². The van der Waals surface area contributed by atoms with Gasteiger partial charge in [0.2, 0.25) is 5.95 Å². The Morgan fingerprint density at radius 2 is 1.66 bits per heavy atom. The van der Waals surface area contributed by atoms with E-state index in [0.29, 0.717) is 17.6 Å². The van der Waals surface area contributed by atoms with Crippen LogP contribution in [-0.2, 0) is 26.6 Å². The van der Waals surface area contributed by atoms with Crippen LogP contribution in [0.25, 0.3) is 28.0 Å². The zero-order valence-electron chi connectivity index (χ0n) is 31.3. The number of aromatic nitrogens is 5. The highest BCUT2D eigenvalue weighted by Gasteiger charge is 2.28. The number of rotatable bonds is 4. The summed E-state index contributed by atoms with van der Waals surface area (Å²) in [7, 11) is 2.03. The number of imidazole rings is 1. The van der Waals surface area contributed by atoms with Gasteiger partial charge in [-0.25, -0.2) is 13.8 Å². The third-order valence-corrected chi connectivity index (χ3v) is 11.6. The van der Waals surface area contributed by atoms with E-state index in [1.54, 1.807) is 0 Å². The molecule has 5 aromatic rings. The van der Waals surface area contributed by atoms with E-state index >= 15 is 0 Å². The minimum absolute atomic E-state index is 0.473. The highest BCUT2D eigenvalue weighted by Crippen LogP contribution is 2.31. The summed E-state index contributed by atoms with van der Waals surface area (Å²) in [5, 5.41) is 8.21. The van der Waals surface area contributed by atoms with E-state index in [2.05, 4.69) is 73.5 Å². The largest absolute Gasteiger partial charge is 0.371 e. The molecule has 0 unspecified atom stereocenters. The maximum Gasteiger partial charge on any atom is 0.208 e. The first-order valence-electron chi connectivity index (χ1n) is 19.3. The molecule has 1 N–H and O–H groups in total. The first-order valence-corrected chi connectivity index (χ1v) is 19.3. The maximum absolute atomic E-state index is 13.8. The normalized spacial score (nSPS) is 19.8. The van der Waals surface area contributed by atoms with E-state index in [1.165, 1.54) is 23.4 Å². The van der Waals surface area contributed by atoms with E-state index < -0.39 is 11.6 Å². The summed E-state index contributed by atoms with van der Waals surface area (Å²) in [6.45, 7) is 16.4. The van der Waals surface area contributed by atoms with E-state index in [0.717, 1.165) is 142 Å². The predicted molar refractivity (Wildman–Crippen MR) is 209 cm³/mol. The lowest BCUT2D eigenvalue weighted by molar-refractivity contribution is 0.0812. The molecule has 2 saturated heterocycles. The number of aryl methyl sites for hydroxylation is 2. The molecule has 0 saturated carbocycles. The van der Waals surface area contributed by atoms with Gasteiger partial charge in [0.1, 0.15) is 11.6 Å². The molecule has 8 rings (SSSR count). The molecule has 2 aromatic carbocycles. The lowest BCUT2D eigenvalue weighted by Gasteiger charge is -2.43. The summed E-state index contributed by atoms with van der Waals surface area (Å²) in [6, 6.07) is 15.3. The molecule has 3 aliphatic rings. The molecule has 2 fully saturated rings. The second-order valence-corrected chi connectivity index (χ2v) is 15.5. The topological polar surface area (TPSA) is 70.3 Å². The monoisotopic (exact) mass is 719 g/mol. The molecule has 2 bridgehead atoms. The number of benzene rings is 2. The Bertz CT molecular complexity index is 2080. The Labute approximate surface area is 311 Å². The van der Waals surface area contributed by atoms with Crippen molar-refractivity contribution in [3.63, 3.8) is 0 Å². The Balaban J connectivity index is 0.959. The summed E-state index contributed by atoms with van der Waals surface area (Å²) in [5.41, 5.74) is 10.1. The molecule has 1 atom stereocenters. The molecule has 278 valence electrons. The van der Waals surface area contributed by atoms with Gasteiger partial charge in [-0.2, -0.15) is 5.10 Å². The molecular weight excluding hydrogens is 669 g/mol.